The van der Waals surface area contributed by atoms with Crippen molar-refractivity contribution in [2.75, 3.05) is 6.54 Å². The fourth-order valence-corrected chi connectivity index (χ4v) is 2.09. The van der Waals surface area contributed by atoms with Gasteiger partial charge in [-0.05, 0) is 67.7 Å². The second kappa shape index (κ2) is 6.58. The Morgan fingerprint density at radius 2 is 2.06 bits per heavy atom. The summed E-state index contributed by atoms with van der Waals surface area (Å²) in [5.74, 6) is 0.907. The van der Waals surface area contributed by atoms with E-state index in [1.807, 2.05) is 6.07 Å². The number of halogens is 1. The topological polar surface area (TPSA) is 21.3 Å². The Labute approximate surface area is 119 Å². The molecule has 0 spiro atoms. The highest BCUT2D eigenvalue weighted by molar-refractivity contribution is 9.10. The maximum absolute atomic E-state index is 5.93. The Morgan fingerprint density at radius 3 is 2.61 bits per heavy atom. The van der Waals surface area contributed by atoms with E-state index in [4.69, 9.17) is 4.74 Å². The zero-order valence-electron chi connectivity index (χ0n) is 12.0. The largest absolute Gasteiger partial charge is 0.488 e. The molecule has 0 bridgehead atoms. The molecule has 1 N–H and O–H groups in total. The zero-order chi connectivity index (χ0) is 13.8. The Morgan fingerprint density at radius 1 is 1.39 bits per heavy atom. The number of nitrogens with one attached hydrogen (secondary N) is 1. The van der Waals surface area contributed by atoms with Crippen LogP contribution in [0.5, 0.6) is 5.75 Å². The van der Waals surface area contributed by atoms with Crippen molar-refractivity contribution in [1.82, 2.24) is 5.32 Å². The maximum Gasteiger partial charge on any atom is 0.133 e. The standard InChI is InChI=1S/C15H24BrNO/c1-6-15(4,5)17-10-12(3)18-14-8-7-11(2)9-13(14)16/h7-9,12,17H,6,10H2,1-5H3. The quantitative estimate of drug-likeness (QED) is 0.845. The van der Waals surface area contributed by atoms with E-state index >= 15 is 0 Å². The normalized spacial score (nSPS) is 13.4. The Balaban J connectivity index is 2.52. The Bertz CT molecular complexity index is 390. The molecule has 1 unspecified atom stereocenters. The molecule has 1 atom stereocenters. The fourth-order valence-electron chi connectivity index (χ4n) is 1.50. The van der Waals surface area contributed by atoms with Crippen LogP contribution in [0.1, 0.15) is 39.7 Å². The van der Waals surface area contributed by atoms with Crippen molar-refractivity contribution in [2.45, 2.75) is 52.7 Å². The summed E-state index contributed by atoms with van der Waals surface area (Å²) < 4.78 is 6.95. The first-order valence-electron chi connectivity index (χ1n) is 6.52. The molecule has 0 amide bonds. The van der Waals surface area contributed by atoms with E-state index in [0.29, 0.717) is 0 Å². The minimum Gasteiger partial charge on any atom is -0.488 e. The van der Waals surface area contributed by atoms with E-state index < -0.39 is 0 Å². The van der Waals surface area contributed by atoms with Gasteiger partial charge in [0.05, 0.1) is 4.47 Å². The van der Waals surface area contributed by atoms with Gasteiger partial charge in [-0.15, -0.1) is 0 Å². The maximum atomic E-state index is 5.93. The van der Waals surface area contributed by atoms with Crippen LogP contribution in [0.15, 0.2) is 22.7 Å². The average molecular weight is 314 g/mol. The number of hydrogen-bond acceptors (Lipinski definition) is 2. The third kappa shape index (κ3) is 4.99. The van der Waals surface area contributed by atoms with E-state index in [2.05, 4.69) is 68.0 Å². The van der Waals surface area contributed by atoms with Crippen LogP contribution in [-0.4, -0.2) is 18.2 Å². The summed E-state index contributed by atoms with van der Waals surface area (Å²) in [7, 11) is 0. The molecule has 0 aliphatic heterocycles. The molecule has 3 heteroatoms. The highest BCUT2D eigenvalue weighted by Crippen LogP contribution is 2.26. The third-order valence-electron chi connectivity index (χ3n) is 3.17. The van der Waals surface area contributed by atoms with Crippen molar-refractivity contribution in [2.24, 2.45) is 0 Å². The molecule has 0 saturated heterocycles. The molecule has 1 aromatic carbocycles. The van der Waals surface area contributed by atoms with Gasteiger partial charge in [-0.1, -0.05) is 13.0 Å². The van der Waals surface area contributed by atoms with Crippen LogP contribution < -0.4 is 10.1 Å². The molecular weight excluding hydrogens is 290 g/mol. The van der Waals surface area contributed by atoms with Crippen molar-refractivity contribution < 1.29 is 4.74 Å². The monoisotopic (exact) mass is 313 g/mol. The molecule has 0 aromatic heterocycles. The van der Waals surface area contributed by atoms with E-state index in [0.717, 1.165) is 23.2 Å². The van der Waals surface area contributed by atoms with Crippen LogP contribution in [0.3, 0.4) is 0 Å². The molecule has 2 nitrogen and oxygen atoms in total. The summed E-state index contributed by atoms with van der Waals surface area (Å²) in [6.45, 7) is 11.6. The van der Waals surface area contributed by atoms with Gasteiger partial charge in [-0.25, -0.2) is 0 Å². The van der Waals surface area contributed by atoms with Crippen molar-refractivity contribution in [3.63, 3.8) is 0 Å². The lowest BCUT2D eigenvalue weighted by Crippen LogP contribution is -2.43. The lowest BCUT2D eigenvalue weighted by Gasteiger charge is -2.27. The summed E-state index contributed by atoms with van der Waals surface area (Å²) in [4.78, 5) is 0. The SMILES string of the molecule is CCC(C)(C)NCC(C)Oc1ccc(C)cc1Br. The van der Waals surface area contributed by atoms with E-state index in [-0.39, 0.29) is 11.6 Å². The molecule has 0 radical (unpaired) electrons. The van der Waals surface area contributed by atoms with Crippen molar-refractivity contribution >= 4 is 15.9 Å². The Hall–Kier alpha value is -0.540. The predicted molar refractivity (Wildman–Crippen MR) is 81.3 cm³/mol. The first-order valence-corrected chi connectivity index (χ1v) is 7.31. The molecule has 18 heavy (non-hydrogen) atoms. The van der Waals surface area contributed by atoms with Gasteiger partial charge in [0.25, 0.3) is 0 Å². The van der Waals surface area contributed by atoms with Crippen molar-refractivity contribution in [1.29, 1.82) is 0 Å². The van der Waals surface area contributed by atoms with Crippen LogP contribution in [-0.2, 0) is 0 Å². The molecule has 0 aliphatic carbocycles. The summed E-state index contributed by atoms with van der Waals surface area (Å²) in [5.41, 5.74) is 1.40. The molecule has 0 fully saturated rings. The third-order valence-corrected chi connectivity index (χ3v) is 3.79. The molecule has 102 valence electrons. The van der Waals surface area contributed by atoms with Gasteiger partial charge >= 0.3 is 0 Å². The molecule has 1 rings (SSSR count). The van der Waals surface area contributed by atoms with Crippen LogP contribution in [0.2, 0.25) is 0 Å². The van der Waals surface area contributed by atoms with E-state index in [1.54, 1.807) is 0 Å². The number of hydrogen-bond donors (Lipinski definition) is 1. The molecule has 0 saturated carbocycles. The van der Waals surface area contributed by atoms with Gasteiger partial charge < -0.3 is 10.1 Å². The highest BCUT2D eigenvalue weighted by Gasteiger charge is 2.16. The summed E-state index contributed by atoms with van der Waals surface area (Å²) in [5, 5.41) is 3.52. The molecule has 0 aliphatic rings. The van der Waals surface area contributed by atoms with Crippen LogP contribution in [0.4, 0.5) is 0 Å². The van der Waals surface area contributed by atoms with E-state index in [1.165, 1.54) is 5.56 Å². The van der Waals surface area contributed by atoms with Gasteiger partial charge in [0.2, 0.25) is 0 Å². The minimum atomic E-state index is 0.148. The average Bonchev–Trinajstić information content (AvgIpc) is 2.30. The lowest BCUT2D eigenvalue weighted by molar-refractivity contribution is 0.197. The smallest absolute Gasteiger partial charge is 0.133 e. The number of rotatable bonds is 6. The van der Waals surface area contributed by atoms with Gasteiger partial charge in [-0.2, -0.15) is 0 Å². The Kier molecular flexibility index (Phi) is 5.67. The molecule has 1 aromatic rings. The first kappa shape index (κ1) is 15.5. The van der Waals surface area contributed by atoms with Gasteiger partial charge in [0, 0.05) is 12.1 Å². The summed E-state index contributed by atoms with van der Waals surface area (Å²) in [6, 6.07) is 6.16. The van der Waals surface area contributed by atoms with Crippen molar-refractivity contribution in [3.8, 4) is 5.75 Å². The van der Waals surface area contributed by atoms with Crippen LogP contribution in [0.25, 0.3) is 0 Å². The van der Waals surface area contributed by atoms with Crippen LogP contribution >= 0.6 is 15.9 Å². The number of ether oxygens (including phenoxy) is 1. The lowest BCUT2D eigenvalue weighted by atomic mass is 10.0. The minimum absolute atomic E-state index is 0.148. The highest BCUT2D eigenvalue weighted by atomic mass is 79.9. The second-order valence-corrected chi connectivity index (χ2v) is 6.34. The number of aryl methyl sites for hydroxylation is 1. The summed E-state index contributed by atoms with van der Waals surface area (Å²) >= 11 is 3.53. The van der Waals surface area contributed by atoms with E-state index in [9.17, 15) is 0 Å². The molecular formula is C15H24BrNO. The predicted octanol–water partition coefficient (Wildman–Crippen LogP) is 4.30. The van der Waals surface area contributed by atoms with Gasteiger partial charge in [0.15, 0.2) is 0 Å². The fraction of sp³-hybridized carbons (Fsp3) is 0.600. The summed E-state index contributed by atoms with van der Waals surface area (Å²) in [6.07, 6.45) is 1.25. The molecule has 0 heterocycles. The first-order chi connectivity index (χ1) is 8.34. The second-order valence-electron chi connectivity index (χ2n) is 5.48. The van der Waals surface area contributed by atoms with Gasteiger partial charge in [0.1, 0.15) is 11.9 Å². The zero-order valence-corrected chi connectivity index (χ0v) is 13.6. The van der Waals surface area contributed by atoms with Crippen molar-refractivity contribution in [3.05, 3.63) is 28.2 Å². The number of benzene rings is 1. The van der Waals surface area contributed by atoms with Gasteiger partial charge in [-0.3, -0.25) is 0 Å². The van der Waals surface area contributed by atoms with Crippen LogP contribution in [0, 0.1) is 6.92 Å².